The molecule has 0 saturated carbocycles. The second-order valence-electron chi connectivity index (χ2n) is 4.11. The molecule has 0 saturated heterocycles. The third-order valence-electron chi connectivity index (χ3n) is 2.79. The van der Waals surface area contributed by atoms with Crippen molar-refractivity contribution in [3.05, 3.63) is 44.3 Å². The predicted molar refractivity (Wildman–Crippen MR) is 83.2 cm³/mol. The summed E-state index contributed by atoms with van der Waals surface area (Å²) < 4.78 is 6.91. The van der Waals surface area contributed by atoms with Crippen molar-refractivity contribution in [2.24, 2.45) is 0 Å². The van der Waals surface area contributed by atoms with Gasteiger partial charge >= 0.3 is 5.97 Å². The first-order chi connectivity index (χ1) is 9.67. The van der Waals surface area contributed by atoms with Crippen LogP contribution in [0.15, 0.2) is 29.6 Å². The maximum absolute atomic E-state index is 12.4. The van der Waals surface area contributed by atoms with Gasteiger partial charge in [0.1, 0.15) is 0 Å². The van der Waals surface area contributed by atoms with E-state index >= 15 is 0 Å². The first-order valence-corrected chi connectivity index (χ1v) is 8.36. The minimum atomic E-state index is -0.289. The highest BCUT2D eigenvalue weighted by molar-refractivity contribution is 7.28. The quantitative estimate of drug-likeness (QED) is 0.539. The fourth-order valence-electron chi connectivity index (χ4n) is 1.81. The fraction of sp³-hybridized carbons (Fsp3) is 0.143. The van der Waals surface area contributed by atoms with E-state index in [4.69, 9.17) is 0 Å². The monoisotopic (exact) mass is 322 g/mol. The van der Waals surface area contributed by atoms with Crippen LogP contribution in [0, 0.1) is 0 Å². The molecule has 0 atom stereocenters. The molecule has 3 heterocycles. The molecular formula is C14H10O3S3. The van der Waals surface area contributed by atoms with Crippen LogP contribution >= 0.6 is 34.0 Å². The lowest BCUT2D eigenvalue weighted by molar-refractivity contribution is -0.139. The topological polar surface area (TPSA) is 43.4 Å². The Balaban J connectivity index is 1.83. The molecule has 102 valence electrons. The zero-order valence-electron chi connectivity index (χ0n) is 10.5. The summed E-state index contributed by atoms with van der Waals surface area (Å²) in [5.74, 6) is -0.262. The summed E-state index contributed by atoms with van der Waals surface area (Å²) in [5, 5.41) is 2.02. The van der Waals surface area contributed by atoms with Crippen LogP contribution < -0.4 is 0 Å². The van der Waals surface area contributed by atoms with Crippen LogP contribution in [-0.2, 0) is 16.0 Å². The Morgan fingerprint density at radius 1 is 1.10 bits per heavy atom. The normalized spacial score (nSPS) is 10.8. The molecule has 0 spiro atoms. The molecule has 0 unspecified atom stereocenters. The largest absolute Gasteiger partial charge is 0.469 e. The Labute approximate surface area is 127 Å². The summed E-state index contributed by atoms with van der Waals surface area (Å²) in [5.41, 5.74) is 0. The first-order valence-electron chi connectivity index (χ1n) is 5.84. The SMILES string of the molecule is COC(=O)Cc1ccc(C(=O)c2cc3sccc3s2)s1. The van der Waals surface area contributed by atoms with Crippen LogP contribution in [0.4, 0.5) is 0 Å². The molecular weight excluding hydrogens is 312 g/mol. The Morgan fingerprint density at radius 3 is 2.70 bits per heavy atom. The summed E-state index contributed by atoms with van der Waals surface area (Å²) in [6.45, 7) is 0. The maximum atomic E-state index is 12.4. The van der Waals surface area contributed by atoms with E-state index < -0.39 is 0 Å². The molecule has 0 aromatic carbocycles. The lowest BCUT2D eigenvalue weighted by Gasteiger charge is -1.95. The number of carbonyl (C=O) groups excluding carboxylic acids is 2. The van der Waals surface area contributed by atoms with Gasteiger partial charge < -0.3 is 4.74 Å². The number of thiophene rings is 3. The number of ether oxygens (including phenoxy) is 1. The fourth-order valence-corrected chi connectivity index (χ4v) is 4.88. The summed E-state index contributed by atoms with van der Waals surface area (Å²) in [6, 6.07) is 7.55. The number of ketones is 1. The van der Waals surface area contributed by atoms with E-state index in [1.807, 2.05) is 23.6 Å². The van der Waals surface area contributed by atoms with E-state index in [9.17, 15) is 9.59 Å². The number of rotatable bonds is 4. The van der Waals surface area contributed by atoms with Crippen molar-refractivity contribution in [2.75, 3.05) is 7.11 Å². The van der Waals surface area contributed by atoms with Gasteiger partial charge in [-0.05, 0) is 29.6 Å². The van der Waals surface area contributed by atoms with Gasteiger partial charge in [0.05, 0.1) is 23.3 Å². The lowest BCUT2D eigenvalue weighted by atomic mass is 10.2. The summed E-state index contributed by atoms with van der Waals surface area (Å²) in [4.78, 5) is 25.9. The predicted octanol–water partition coefficient (Wildman–Crippen LogP) is 3.97. The molecule has 0 bridgehead atoms. The van der Waals surface area contributed by atoms with Crippen molar-refractivity contribution < 1.29 is 14.3 Å². The molecule has 6 heteroatoms. The standard InChI is InChI=1S/C14H10O3S3/c1-17-13(15)6-8-2-3-10(19-8)14(16)12-7-11-9(20-12)4-5-18-11/h2-5,7H,6H2,1H3. The van der Waals surface area contributed by atoms with Gasteiger partial charge in [-0.2, -0.15) is 0 Å². The summed E-state index contributed by atoms with van der Waals surface area (Å²) in [7, 11) is 1.36. The molecule has 0 aliphatic carbocycles. The average molecular weight is 322 g/mol. The van der Waals surface area contributed by atoms with Gasteiger partial charge in [0.25, 0.3) is 0 Å². The second-order valence-corrected chi connectivity index (χ2v) is 7.31. The maximum Gasteiger partial charge on any atom is 0.310 e. The Hall–Kier alpha value is -1.50. The van der Waals surface area contributed by atoms with Gasteiger partial charge in [0.2, 0.25) is 5.78 Å². The van der Waals surface area contributed by atoms with Gasteiger partial charge in [0.15, 0.2) is 0 Å². The van der Waals surface area contributed by atoms with E-state index in [1.165, 1.54) is 29.8 Å². The minimum absolute atomic E-state index is 0.0273. The van der Waals surface area contributed by atoms with Crippen LogP contribution in [0.5, 0.6) is 0 Å². The Kier molecular flexibility index (Phi) is 3.69. The Morgan fingerprint density at radius 2 is 1.95 bits per heavy atom. The number of methoxy groups -OCH3 is 1. The van der Waals surface area contributed by atoms with Crippen molar-refractivity contribution in [3.8, 4) is 0 Å². The molecule has 0 aliphatic rings. The van der Waals surface area contributed by atoms with E-state index in [0.29, 0.717) is 4.88 Å². The highest BCUT2D eigenvalue weighted by Crippen LogP contribution is 2.32. The zero-order valence-corrected chi connectivity index (χ0v) is 13.0. The van der Waals surface area contributed by atoms with Crippen LogP contribution in [-0.4, -0.2) is 18.9 Å². The summed E-state index contributed by atoms with van der Waals surface area (Å²) >= 11 is 4.50. The van der Waals surface area contributed by atoms with Crippen LogP contribution in [0.2, 0.25) is 0 Å². The van der Waals surface area contributed by atoms with Crippen molar-refractivity contribution in [1.82, 2.24) is 0 Å². The third-order valence-corrected chi connectivity index (χ3v) is 5.97. The van der Waals surface area contributed by atoms with E-state index in [2.05, 4.69) is 4.74 Å². The molecule has 3 nitrogen and oxygen atoms in total. The second kappa shape index (κ2) is 5.47. The molecule has 3 rings (SSSR count). The molecule has 0 amide bonds. The molecule has 0 radical (unpaired) electrons. The van der Waals surface area contributed by atoms with E-state index in [0.717, 1.165) is 19.2 Å². The number of carbonyl (C=O) groups is 2. The summed E-state index contributed by atoms with van der Waals surface area (Å²) in [6.07, 6.45) is 0.216. The third kappa shape index (κ3) is 2.54. The van der Waals surface area contributed by atoms with Crippen molar-refractivity contribution >= 4 is 55.2 Å². The van der Waals surface area contributed by atoms with Crippen molar-refractivity contribution in [1.29, 1.82) is 0 Å². The number of esters is 1. The molecule has 20 heavy (non-hydrogen) atoms. The van der Waals surface area contributed by atoms with Crippen molar-refractivity contribution in [2.45, 2.75) is 6.42 Å². The van der Waals surface area contributed by atoms with E-state index in [-0.39, 0.29) is 18.2 Å². The van der Waals surface area contributed by atoms with Gasteiger partial charge in [0, 0.05) is 14.3 Å². The number of hydrogen-bond donors (Lipinski definition) is 0. The highest BCUT2D eigenvalue weighted by atomic mass is 32.1. The number of fused-ring (bicyclic) bond motifs is 1. The average Bonchev–Trinajstić information content (AvgIpc) is 3.12. The van der Waals surface area contributed by atoms with Crippen molar-refractivity contribution in [3.63, 3.8) is 0 Å². The molecule has 0 N–H and O–H groups in total. The van der Waals surface area contributed by atoms with Gasteiger partial charge in [-0.15, -0.1) is 34.0 Å². The lowest BCUT2D eigenvalue weighted by Crippen LogP contribution is -2.02. The molecule has 0 fully saturated rings. The van der Waals surface area contributed by atoms with E-state index in [1.54, 1.807) is 17.4 Å². The van der Waals surface area contributed by atoms with Crippen LogP contribution in [0.3, 0.4) is 0 Å². The Bertz CT molecular complexity index is 750. The first kappa shape index (κ1) is 13.5. The van der Waals surface area contributed by atoms with Crippen LogP contribution in [0.25, 0.3) is 9.40 Å². The van der Waals surface area contributed by atoms with Gasteiger partial charge in [-0.1, -0.05) is 0 Å². The zero-order chi connectivity index (χ0) is 14.1. The molecule has 3 aromatic rings. The highest BCUT2D eigenvalue weighted by Gasteiger charge is 2.16. The van der Waals surface area contributed by atoms with Gasteiger partial charge in [-0.25, -0.2) is 0 Å². The number of hydrogen-bond acceptors (Lipinski definition) is 6. The minimum Gasteiger partial charge on any atom is -0.469 e. The molecule has 0 aliphatic heterocycles. The van der Waals surface area contributed by atoms with Crippen LogP contribution in [0.1, 0.15) is 19.4 Å². The smallest absolute Gasteiger partial charge is 0.310 e. The van der Waals surface area contributed by atoms with Gasteiger partial charge in [-0.3, -0.25) is 9.59 Å². The molecule has 3 aromatic heterocycles.